The van der Waals surface area contributed by atoms with Gasteiger partial charge in [0.25, 0.3) is 0 Å². The molecule has 2 nitrogen and oxygen atoms in total. The van der Waals surface area contributed by atoms with Crippen LogP contribution in [0.15, 0.2) is 0 Å². The van der Waals surface area contributed by atoms with Gasteiger partial charge in [0.05, 0.1) is 0 Å². The third-order valence-electron chi connectivity index (χ3n) is 2.37. The number of rotatable bonds is 5. The van der Waals surface area contributed by atoms with Crippen molar-refractivity contribution in [1.82, 2.24) is 10.2 Å². The zero-order chi connectivity index (χ0) is 8.81. The van der Waals surface area contributed by atoms with Crippen LogP contribution in [-0.2, 0) is 0 Å². The Hall–Kier alpha value is 0.270. The highest BCUT2D eigenvalue weighted by atomic mass is 32.2. The van der Waals surface area contributed by atoms with Gasteiger partial charge < -0.3 is 10.2 Å². The molecule has 1 rings (SSSR count). The summed E-state index contributed by atoms with van der Waals surface area (Å²) in [6.07, 6.45) is 4.90. The van der Waals surface area contributed by atoms with E-state index in [4.69, 9.17) is 0 Å². The summed E-state index contributed by atoms with van der Waals surface area (Å²) in [4.78, 5) is 2.43. The van der Waals surface area contributed by atoms with E-state index in [1.807, 2.05) is 11.8 Å². The standard InChI is InChI=1S/C9H20N2S/c1-11(6-7-12-2)8-9-4-3-5-10-9/h9-10H,3-8H2,1-2H3. The Balaban J connectivity index is 2.03. The summed E-state index contributed by atoms with van der Waals surface area (Å²) in [5.74, 6) is 1.25. The van der Waals surface area contributed by atoms with Crippen molar-refractivity contribution in [3.8, 4) is 0 Å². The van der Waals surface area contributed by atoms with Gasteiger partial charge in [-0.15, -0.1) is 0 Å². The lowest BCUT2D eigenvalue weighted by atomic mass is 10.2. The molecule has 12 heavy (non-hydrogen) atoms. The van der Waals surface area contributed by atoms with E-state index in [1.54, 1.807) is 0 Å². The van der Waals surface area contributed by atoms with Crippen molar-refractivity contribution in [2.24, 2.45) is 0 Å². The molecule has 1 atom stereocenters. The van der Waals surface area contributed by atoms with Gasteiger partial charge in [0, 0.05) is 24.9 Å². The Morgan fingerprint density at radius 3 is 3.00 bits per heavy atom. The molecule has 1 N–H and O–H groups in total. The van der Waals surface area contributed by atoms with E-state index >= 15 is 0 Å². The second-order valence-electron chi connectivity index (χ2n) is 3.55. The van der Waals surface area contributed by atoms with Gasteiger partial charge in [0.15, 0.2) is 0 Å². The molecule has 0 amide bonds. The number of nitrogens with one attached hydrogen (secondary N) is 1. The van der Waals surface area contributed by atoms with Crippen LogP contribution >= 0.6 is 11.8 Å². The third kappa shape index (κ3) is 3.78. The topological polar surface area (TPSA) is 15.3 Å². The molecule has 0 spiro atoms. The van der Waals surface area contributed by atoms with Crippen LogP contribution in [0, 0.1) is 0 Å². The Labute approximate surface area is 80.1 Å². The first-order valence-corrected chi connectivity index (χ1v) is 6.13. The van der Waals surface area contributed by atoms with Crippen molar-refractivity contribution < 1.29 is 0 Å². The van der Waals surface area contributed by atoms with Crippen LogP contribution in [0.5, 0.6) is 0 Å². The first-order chi connectivity index (χ1) is 5.83. The summed E-state index contributed by atoms with van der Waals surface area (Å²) < 4.78 is 0. The van der Waals surface area contributed by atoms with Crippen LogP contribution in [-0.4, -0.2) is 49.6 Å². The van der Waals surface area contributed by atoms with E-state index in [1.165, 1.54) is 38.2 Å². The Morgan fingerprint density at radius 2 is 2.42 bits per heavy atom. The van der Waals surface area contributed by atoms with E-state index in [2.05, 4.69) is 23.5 Å². The first kappa shape index (κ1) is 10.4. The van der Waals surface area contributed by atoms with Crippen molar-refractivity contribution in [1.29, 1.82) is 0 Å². The number of hydrogen-bond acceptors (Lipinski definition) is 3. The fourth-order valence-electron chi connectivity index (χ4n) is 1.63. The van der Waals surface area contributed by atoms with Crippen molar-refractivity contribution in [2.45, 2.75) is 18.9 Å². The van der Waals surface area contributed by atoms with Crippen LogP contribution in [0.1, 0.15) is 12.8 Å². The van der Waals surface area contributed by atoms with Gasteiger partial charge in [-0.3, -0.25) is 0 Å². The molecule has 0 aromatic heterocycles. The number of likely N-dealkylation sites (N-methyl/N-ethyl adjacent to an activating group) is 1. The Kier molecular flexibility index (Phi) is 5.04. The second-order valence-corrected chi connectivity index (χ2v) is 4.53. The van der Waals surface area contributed by atoms with Gasteiger partial charge in [-0.2, -0.15) is 11.8 Å². The molecule has 0 aromatic rings. The maximum atomic E-state index is 3.52. The minimum absolute atomic E-state index is 0.761. The fourth-order valence-corrected chi connectivity index (χ4v) is 2.12. The molecule has 1 aliphatic heterocycles. The third-order valence-corrected chi connectivity index (χ3v) is 2.96. The summed E-state index contributed by atoms with van der Waals surface area (Å²) in [7, 11) is 2.22. The van der Waals surface area contributed by atoms with E-state index < -0.39 is 0 Å². The predicted molar refractivity (Wildman–Crippen MR) is 56.9 cm³/mol. The Morgan fingerprint density at radius 1 is 1.58 bits per heavy atom. The summed E-state index contributed by atoms with van der Waals surface area (Å²) in [6.45, 7) is 3.67. The second kappa shape index (κ2) is 5.84. The zero-order valence-electron chi connectivity index (χ0n) is 8.18. The van der Waals surface area contributed by atoms with Crippen LogP contribution in [0.3, 0.4) is 0 Å². The highest BCUT2D eigenvalue weighted by Gasteiger charge is 2.15. The van der Waals surface area contributed by atoms with Gasteiger partial charge in [0.2, 0.25) is 0 Å². The number of nitrogens with zero attached hydrogens (tertiary/aromatic N) is 1. The quantitative estimate of drug-likeness (QED) is 0.694. The molecule has 1 saturated heterocycles. The lowest BCUT2D eigenvalue weighted by Crippen LogP contribution is -2.36. The molecule has 0 saturated carbocycles. The van der Waals surface area contributed by atoms with Gasteiger partial charge in [0.1, 0.15) is 0 Å². The van der Waals surface area contributed by atoms with Crippen LogP contribution in [0.4, 0.5) is 0 Å². The van der Waals surface area contributed by atoms with Crippen molar-refractivity contribution >= 4 is 11.8 Å². The monoisotopic (exact) mass is 188 g/mol. The molecule has 1 heterocycles. The number of hydrogen-bond donors (Lipinski definition) is 1. The normalized spacial score (nSPS) is 23.8. The van der Waals surface area contributed by atoms with Gasteiger partial charge in [-0.25, -0.2) is 0 Å². The average molecular weight is 188 g/mol. The molecule has 0 radical (unpaired) electrons. The zero-order valence-corrected chi connectivity index (χ0v) is 8.99. The highest BCUT2D eigenvalue weighted by molar-refractivity contribution is 7.98. The highest BCUT2D eigenvalue weighted by Crippen LogP contribution is 2.06. The molecule has 3 heteroatoms. The number of thioether (sulfide) groups is 1. The molecule has 1 fully saturated rings. The lowest BCUT2D eigenvalue weighted by molar-refractivity contribution is 0.317. The lowest BCUT2D eigenvalue weighted by Gasteiger charge is -2.20. The maximum Gasteiger partial charge on any atom is 0.0195 e. The van der Waals surface area contributed by atoms with Gasteiger partial charge in [-0.05, 0) is 32.7 Å². The first-order valence-electron chi connectivity index (χ1n) is 4.74. The van der Waals surface area contributed by atoms with Crippen molar-refractivity contribution in [3.63, 3.8) is 0 Å². The minimum Gasteiger partial charge on any atom is -0.313 e. The molecule has 0 aromatic carbocycles. The van der Waals surface area contributed by atoms with Crippen LogP contribution < -0.4 is 5.32 Å². The molecule has 0 bridgehead atoms. The summed E-state index contributed by atoms with van der Waals surface area (Å²) in [5, 5.41) is 3.52. The molecule has 1 aliphatic rings. The maximum absolute atomic E-state index is 3.52. The molecular formula is C9H20N2S. The van der Waals surface area contributed by atoms with E-state index in [9.17, 15) is 0 Å². The molecule has 0 aliphatic carbocycles. The van der Waals surface area contributed by atoms with E-state index in [0.717, 1.165) is 6.04 Å². The molecule has 1 unspecified atom stereocenters. The largest absolute Gasteiger partial charge is 0.313 e. The van der Waals surface area contributed by atoms with Gasteiger partial charge in [-0.1, -0.05) is 0 Å². The molecule has 72 valence electrons. The van der Waals surface area contributed by atoms with Crippen LogP contribution in [0.2, 0.25) is 0 Å². The fraction of sp³-hybridized carbons (Fsp3) is 1.00. The summed E-state index contributed by atoms with van der Waals surface area (Å²) >= 11 is 1.93. The SMILES string of the molecule is CSCCN(C)CC1CCCN1. The minimum atomic E-state index is 0.761. The molecular weight excluding hydrogens is 168 g/mol. The smallest absolute Gasteiger partial charge is 0.0195 e. The van der Waals surface area contributed by atoms with Crippen molar-refractivity contribution in [2.75, 3.05) is 38.7 Å². The van der Waals surface area contributed by atoms with Crippen LogP contribution in [0.25, 0.3) is 0 Å². The Bertz CT molecular complexity index is 113. The van der Waals surface area contributed by atoms with E-state index in [-0.39, 0.29) is 0 Å². The van der Waals surface area contributed by atoms with E-state index in [0.29, 0.717) is 0 Å². The van der Waals surface area contributed by atoms with Crippen molar-refractivity contribution in [3.05, 3.63) is 0 Å². The average Bonchev–Trinajstić information content (AvgIpc) is 2.53. The summed E-state index contributed by atoms with van der Waals surface area (Å²) in [5.41, 5.74) is 0. The van der Waals surface area contributed by atoms with Gasteiger partial charge >= 0.3 is 0 Å². The predicted octanol–water partition coefficient (Wildman–Crippen LogP) is 1.03. The summed E-state index contributed by atoms with van der Waals surface area (Å²) in [6, 6.07) is 0.761.